The summed E-state index contributed by atoms with van der Waals surface area (Å²) in [5, 5.41) is 0. The average Bonchev–Trinajstić information content (AvgIpc) is 2.16. The monoisotopic (exact) mass is 178 g/mol. The Morgan fingerprint density at radius 1 is 1.46 bits per heavy atom. The van der Waals surface area contributed by atoms with E-state index in [-0.39, 0.29) is 0 Å². The van der Waals surface area contributed by atoms with Gasteiger partial charge in [0, 0.05) is 19.0 Å². The minimum absolute atomic E-state index is 0.648. The van der Waals surface area contributed by atoms with E-state index in [0.29, 0.717) is 6.61 Å². The molecule has 0 aromatic carbocycles. The largest absolute Gasteiger partial charge is 0.377 e. The number of nitrogens with zero attached hydrogens (tertiary/aromatic N) is 2. The maximum absolute atomic E-state index is 5.24. The Morgan fingerprint density at radius 3 is 2.77 bits per heavy atom. The van der Waals surface area contributed by atoms with Crippen LogP contribution in [0.3, 0.4) is 0 Å². The summed E-state index contributed by atoms with van der Waals surface area (Å²) in [5.41, 5.74) is 1.13. The quantitative estimate of drug-likeness (QED) is 0.706. The summed E-state index contributed by atoms with van der Waals surface area (Å²) < 4.78 is 5.24. The van der Waals surface area contributed by atoms with E-state index in [9.17, 15) is 0 Å². The summed E-state index contributed by atoms with van der Waals surface area (Å²) in [7, 11) is 0. The Hall–Kier alpha value is -1.22. The van der Waals surface area contributed by atoms with Crippen molar-refractivity contribution in [2.45, 2.75) is 13.8 Å². The second-order valence-corrected chi connectivity index (χ2v) is 2.73. The maximum atomic E-state index is 5.24. The van der Waals surface area contributed by atoms with Crippen molar-refractivity contribution < 1.29 is 4.74 Å². The Labute approximate surface area is 78.5 Å². The zero-order valence-corrected chi connectivity index (χ0v) is 8.03. The zero-order valence-electron chi connectivity index (χ0n) is 8.03. The highest BCUT2D eigenvalue weighted by molar-refractivity contribution is 5.43. The second kappa shape index (κ2) is 5.43. The molecule has 0 spiro atoms. The molecular weight excluding hydrogens is 164 g/mol. The number of hydrogen-bond donors (Lipinski definition) is 0. The van der Waals surface area contributed by atoms with Gasteiger partial charge in [-0.2, -0.15) is 0 Å². The lowest BCUT2D eigenvalue weighted by Crippen LogP contribution is -1.95. The van der Waals surface area contributed by atoms with Gasteiger partial charge in [0.05, 0.1) is 6.61 Å². The van der Waals surface area contributed by atoms with E-state index in [1.54, 1.807) is 18.5 Å². The number of ether oxygens (including phenoxy) is 1. The minimum Gasteiger partial charge on any atom is -0.377 e. The van der Waals surface area contributed by atoms with Gasteiger partial charge >= 0.3 is 0 Å². The normalized spacial score (nSPS) is 11.7. The molecule has 0 atom stereocenters. The van der Waals surface area contributed by atoms with Gasteiger partial charge < -0.3 is 4.74 Å². The topological polar surface area (TPSA) is 35.0 Å². The summed E-state index contributed by atoms with van der Waals surface area (Å²) in [6.07, 6.45) is 5.38. The van der Waals surface area contributed by atoms with Gasteiger partial charge in [-0.3, -0.25) is 0 Å². The van der Waals surface area contributed by atoms with Gasteiger partial charge in [-0.15, -0.1) is 0 Å². The van der Waals surface area contributed by atoms with Gasteiger partial charge in [-0.1, -0.05) is 0 Å². The van der Waals surface area contributed by atoms with Crippen LogP contribution in [0.1, 0.15) is 19.7 Å². The number of rotatable bonds is 4. The van der Waals surface area contributed by atoms with Crippen molar-refractivity contribution in [3.05, 3.63) is 29.9 Å². The average molecular weight is 178 g/mol. The first kappa shape index (κ1) is 9.86. The highest BCUT2D eigenvalue weighted by Gasteiger charge is 1.92. The molecule has 1 aromatic rings. The molecule has 1 aromatic heterocycles. The van der Waals surface area contributed by atoms with Crippen LogP contribution in [0.4, 0.5) is 0 Å². The fourth-order valence-corrected chi connectivity index (χ4v) is 0.910. The molecule has 0 aliphatic rings. The smallest absolute Gasteiger partial charge is 0.151 e. The molecule has 0 amide bonds. The van der Waals surface area contributed by atoms with Gasteiger partial charge in [-0.05, 0) is 31.6 Å². The standard InChI is InChI=1S/C10H14N2O/c1-3-13-8-9(2)7-10-11-5-4-6-12-10/h4-7H,3,8H2,1-2H3/b9-7+. The fraction of sp³-hybridized carbons (Fsp3) is 0.400. The predicted molar refractivity (Wildman–Crippen MR) is 52.2 cm³/mol. The Bertz CT molecular complexity index is 270. The molecule has 1 rings (SSSR count). The van der Waals surface area contributed by atoms with Crippen LogP contribution in [-0.4, -0.2) is 23.2 Å². The molecule has 0 aliphatic heterocycles. The van der Waals surface area contributed by atoms with Crippen LogP contribution in [-0.2, 0) is 4.74 Å². The summed E-state index contributed by atoms with van der Waals surface area (Å²) >= 11 is 0. The molecule has 1 heterocycles. The van der Waals surface area contributed by atoms with Crippen molar-refractivity contribution in [3.8, 4) is 0 Å². The second-order valence-electron chi connectivity index (χ2n) is 2.73. The van der Waals surface area contributed by atoms with E-state index < -0.39 is 0 Å². The molecule has 0 radical (unpaired) electrons. The third-order valence-electron chi connectivity index (χ3n) is 1.50. The summed E-state index contributed by atoms with van der Waals surface area (Å²) in [6, 6.07) is 1.80. The lowest BCUT2D eigenvalue weighted by molar-refractivity contribution is 0.171. The molecule has 0 unspecified atom stereocenters. The van der Waals surface area contributed by atoms with Crippen molar-refractivity contribution in [1.29, 1.82) is 0 Å². The van der Waals surface area contributed by atoms with Gasteiger partial charge in [0.2, 0.25) is 0 Å². The van der Waals surface area contributed by atoms with Crippen LogP contribution in [0.5, 0.6) is 0 Å². The van der Waals surface area contributed by atoms with Crippen LogP contribution in [0.15, 0.2) is 24.0 Å². The van der Waals surface area contributed by atoms with Crippen LogP contribution < -0.4 is 0 Å². The minimum atomic E-state index is 0.648. The van der Waals surface area contributed by atoms with Crippen LogP contribution in [0.25, 0.3) is 6.08 Å². The molecule has 0 aliphatic carbocycles. The van der Waals surface area contributed by atoms with E-state index in [4.69, 9.17) is 4.74 Å². The SMILES string of the molecule is CCOC/C(C)=C/c1ncccn1. The Kier molecular flexibility index (Phi) is 4.12. The van der Waals surface area contributed by atoms with Crippen molar-refractivity contribution in [3.63, 3.8) is 0 Å². The van der Waals surface area contributed by atoms with E-state index in [1.165, 1.54) is 0 Å². The van der Waals surface area contributed by atoms with Gasteiger partial charge in [0.1, 0.15) is 0 Å². The van der Waals surface area contributed by atoms with E-state index in [2.05, 4.69) is 9.97 Å². The number of aromatic nitrogens is 2. The van der Waals surface area contributed by atoms with E-state index in [1.807, 2.05) is 19.9 Å². The van der Waals surface area contributed by atoms with Gasteiger partial charge in [-0.25, -0.2) is 9.97 Å². The molecule has 0 saturated carbocycles. The molecule has 0 saturated heterocycles. The molecule has 3 heteroatoms. The highest BCUT2D eigenvalue weighted by Crippen LogP contribution is 2.00. The van der Waals surface area contributed by atoms with Gasteiger partial charge in [0.15, 0.2) is 5.82 Å². The first-order chi connectivity index (χ1) is 6.33. The Balaban J connectivity index is 2.55. The van der Waals surface area contributed by atoms with Crippen molar-refractivity contribution in [2.24, 2.45) is 0 Å². The van der Waals surface area contributed by atoms with Crippen LogP contribution in [0.2, 0.25) is 0 Å². The van der Waals surface area contributed by atoms with Crippen molar-refractivity contribution in [1.82, 2.24) is 9.97 Å². The van der Waals surface area contributed by atoms with Crippen LogP contribution >= 0.6 is 0 Å². The molecule has 0 fully saturated rings. The van der Waals surface area contributed by atoms with E-state index >= 15 is 0 Å². The third kappa shape index (κ3) is 3.80. The first-order valence-electron chi connectivity index (χ1n) is 4.35. The van der Waals surface area contributed by atoms with E-state index in [0.717, 1.165) is 18.0 Å². The lowest BCUT2D eigenvalue weighted by Gasteiger charge is -2.00. The highest BCUT2D eigenvalue weighted by atomic mass is 16.5. The third-order valence-corrected chi connectivity index (χ3v) is 1.50. The lowest BCUT2D eigenvalue weighted by atomic mass is 10.3. The fourth-order valence-electron chi connectivity index (χ4n) is 0.910. The molecule has 0 N–H and O–H groups in total. The summed E-state index contributed by atoms with van der Waals surface area (Å²) in [4.78, 5) is 8.17. The van der Waals surface area contributed by atoms with Gasteiger partial charge in [0.25, 0.3) is 0 Å². The van der Waals surface area contributed by atoms with Crippen molar-refractivity contribution in [2.75, 3.05) is 13.2 Å². The molecular formula is C10H14N2O. The van der Waals surface area contributed by atoms with Crippen LogP contribution in [0, 0.1) is 0 Å². The molecule has 3 nitrogen and oxygen atoms in total. The van der Waals surface area contributed by atoms with Crippen molar-refractivity contribution >= 4 is 6.08 Å². The maximum Gasteiger partial charge on any atom is 0.151 e. The summed E-state index contributed by atoms with van der Waals surface area (Å²) in [6.45, 7) is 5.37. The number of hydrogen-bond acceptors (Lipinski definition) is 3. The molecule has 0 bridgehead atoms. The first-order valence-corrected chi connectivity index (χ1v) is 4.35. The molecule has 70 valence electrons. The Morgan fingerprint density at radius 2 is 2.15 bits per heavy atom. The predicted octanol–water partition coefficient (Wildman–Crippen LogP) is 1.92. The summed E-state index contributed by atoms with van der Waals surface area (Å²) in [5.74, 6) is 0.736. The zero-order chi connectivity index (χ0) is 9.52. The molecule has 13 heavy (non-hydrogen) atoms.